The lowest BCUT2D eigenvalue weighted by Crippen LogP contribution is -2.57. The minimum Gasteiger partial charge on any atom is -0.467 e. The van der Waals surface area contributed by atoms with Gasteiger partial charge in [-0.25, -0.2) is 4.79 Å². The average Bonchev–Trinajstić information content (AvgIpc) is 2.77. The number of methoxy groups -OCH3 is 1. The molecule has 3 aliphatic heterocycles. The van der Waals surface area contributed by atoms with Gasteiger partial charge in [0.25, 0.3) is 0 Å². The summed E-state index contributed by atoms with van der Waals surface area (Å²) < 4.78 is 10.1. The van der Waals surface area contributed by atoms with E-state index in [1.807, 2.05) is 0 Å². The molecule has 2 amide bonds. The highest BCUT2D eigenvalue weighted by Gasteiger charge is 2.33. The number of likely N-dealkylation sites (tertiary alicyclic amines) is 1. The Labute approximate surface area is 166 Å². The van der Waals surface area contributed by atoms with Crippen LogP contribution in [0.25, 0.3) is 0 Å². The zero-order valence-electron chi connectivity index (χ0n) is 16.7. The van der Waals surface area contributed by atoms with E-state index < -0.39 is 11.9 Å². The van der Waals surface area contributed by atoms with Crippen molar-refractivity contribution < 1.29 is 23.9 Å². The minimum absolute atomic E-state index is 0.0740. The number of hydrogen-bond donors (Lipinski definition) is 1. The minimum atomic E-state index is -0.415. The fourth-order valence-corrected chi connectivity index (χ4v) is 4.20. The van der Waals surface area contributed by atoms with Gasteiger partial charge in [0.15, 0.2) is 0 Å². The number of rotatable bonds is 4. The number of nitrogens with zero attached hydrogens (tertiary/aromatic N) is 3. The monoisotopic (exact) mass is 396 g/mol. The first kappa shape index (κ1) is 21.0. The van der Waals surface area contributed by atoms with E-state index in [0.717, 1.165) is 39.0 Å². The van der Waals surface area contributed by atoms with Crippen molar-refractivity contribution in [3.05, 3.63) is 0 Å². The summed E-state index contributed by atoms with van der Waals surface area (Å²) in [5.41, 5.74) is 0. The predicted molar refractivity (Wildman–Crippen MR) is 102 cm³/mol. The van der Waals surface area contributed by atoms with Crippen LogP contribution < -0.4 is 5.32 Å². The molecule has 1 N–H and O–H groups in total. The molecule has 158 valence electrons. The highest BCUT2D eigenvalue weighted by atomic mass is 16.6. The van der Waals surface area contributed by atoms with Crippen molar-refractivity contribution in [1.29, 1.82) is 0 Å². The summed E-state index contributed by atoms with van der Waals surface area (Å²) in [4.78, 5) is 42.1. The Balaban J connectivity index is 1.39. The number of carbonyl (C=O) groups excluding carboxylic acids is 3. The number of ether oxygens (including phenoxy) is 2. The van der Waals surface area contributed by atoms with Crippen LogP contribution in [0, 0.1) is 0 Å². The van der Waals surface area contributed by atoms with Crippen molar-refractivity contribution in [1.82, 2.24) is 20.0 Å². The van der Waals surface area contributed by atoms with Crippen LogP contribution in [0.2, 0.25) is 0 Å². The quantitative estimate of drug-likeness (QED) is 0.485. The van der Waals surface area contributed by atoms with Crippen LogP contribution in [-0.4, -0.2) is 111 Å². The number of nitrogens with one attached hydrogen (secondary N) is 1. The van der Waals surface area contributed by atoms with Crippen LogP contribution in [0.5, 0.6) is 0 Å². The molecule has 0 aromatic rings. The normalized spacial score (nSPS) is 22.9. The summed E-state index contributed by atoms with van der Waals surface area (Å²) in [6.07, 6.45) is 3.48. The van der Waals surface area contributed by atoms with E-state index in [4.69, 9.17) is 4.74 Å². The summed E-state index contributed by atoms with van der Waals surface area (Å²) in [5, 5.41) is 3.38. The van der Waals surface area contributed by atoms with Crippen molar-refractivity contribution >= 4 is 17.8 Å². The number of esters is 1. The van der Waals surface area contributed by atoms with Gasteiger partial charge in [-0.05, 0) is 38.8 Å². The molecule has 0 unspecified atom stereocenters. The lowest BCUT2D eigenvalue weighted by molar-refractivity contribution is -0.155. The van der Waals surface area contributed by atoms with E-state index in [9.17, 15) is 14.4 Å². The van der Waals surface area contributed by atoms with Gasteiger partial charge in [-0.2, -0.15) is 0 Å². The molecule has 0 atom stereocenters. The largest absolute Gasteiger partial charge is 0.467 e. The van der Waals surface area contributed by atoms with Crippen LogP contribution in [0.4, 0.5) is 0 Å². The zero-order valence-corrected chi connectivity index (χ0v) is 16.7. The van der Waals surface area contributed by atoms with Crippen LogP contribution in [0.1, 0.15) is 25.7 Å². The molecule has 3 heterocycles. The third-order valence-electron chi connectivity index (χ3n) is 6.00. The van der Waals surface area contributed by atoms with E-state index in [2.05, 4.69) is 15.0 Å². The molecule has 0 saturated carbocycles. The highest BCUT2D eigenvalue weighted by Crippen LogP contribution is 2.17. The first-order valence-electron chi connectivity index (χ1n) is 10.3. The molecule has 0 aliphatic carbocycles. The number of hydrogen-bond acceptors (Lipinski definition) is 7. The highest BCUT2D eigenvalue weighted by molar-refractivity contribution is 6.34. The summed E-state index contributed by atoms with van der Waals surface area (Å²) in [6, 6.07) is 0.596. The Morgan fingerprint density at radius 2 is 1.43 bits per heavy atom. The summed E-state index contributed by atoms with van der Waals surface area (Å²) >= 11 is 0. The van der Waals surface area contributed by atoms with Gasteiger partial charge in [0.1, 0.15) is 6.61 Å². The van der Waals surface area contributed by atoms with Crippen LogP contribution in [-0.2, 0) is 23.9 Å². The summed E-state index contributed by atoms with van der Waals surface area (Å²) in [7, 11) is 1.32. The van der Waals surface area contributed by atoms with E-state index in [1.54, 1.807) is 9.80 Å². The smallest absolute Gasteiger partial charge is 0.331 e. The Bertz CT molecular complexity index is 551. The van der Waals surface area contributed by atoms with Crippen LogP contribution in [0.3, 0.4) is 0 Å². The second kappa shape index (κ2) is 10.2. The fourth-order valence-electron chi connectivity index (χ4n) is 4.20. The third-order valence-corrected chi connectivity index (χ3v) is 6.00. The molecule has 3 saturated heterocycles. The van der Waals surface area contributed by atoms with E-state index in [0.29, 0.717) is 45.1 Å². The molecule has 9 heteroatoms. The van der Waals surface area contributed by atoms with E-state index in [1.165, 1.54) is 7.11 Å². The Morgan fingerprint density at radius 3 is 2.00 bits per heavy atom. The van der Waals surface area contributed by atoms with Gasteiger partial charge in [0.2, 0.25) is 0 Å². The molecule has 28 heavy (non-hydrogen) atoms. The second-order valence-electron chi connectivity index (χ2n) is 7.69. The number of piperazine rings is 1. The first-order valence-corrected chi connectivity index (χ1v) is 10.3. The maximum absolute atomic E-state index is 12.6. The molecule has 0 bridgehead atoms. The number of carbonyl (C=O) groups is 3. The van der Waals surface area contributed by atoms with E-state index in [-0.39, 0.29) is 18.6 Å². The molecule has 0 radical (unpaired) electrons. The number of piperidine rings is 2. The summed E-state index contributed by atoms with van der Waals surface area (Å²) in [6.45, 7) is 5.91. The van der Waals surface area contributed by atoms with Crippen molar-refractivity contribution in [2.24, 2.45) is 0 Å². The van der Waals surface area contributed by atoms with Gasteiger partial charge in [-0.15, -0.1) is 0 Å². The standard InChI is InChI=1S/C19H32N4O5/c1-27-17(24)14-28-16-4-8-22(9-5-16)18(25)19(26)23-12-10-21(11-13-23)15-2-6-20-7-3-15/h15-16,20H,2-14H2,1H3. The third kappa shape index (κ3) is 5.42. The topological polar surface area (TPSA) is 91.4 Å². The first-order chi connectivity index (χ1) is 13.6. The van der Waals surface area contributed by atoms with Crippen molar-refractivity contribution in [2.75, 3.05) is 66.1 Å². The molecule has 0 aromatic carbocycles. The molecule has 3 aliphatic rings. The molecule has 3 fully saturated rings. The molecule has 0 aromatic heterocycles. The Kier molecular flexibility index (Phi) is 7.64. The average molecular weight is 396 g/mol. The maximum atomic E-state index is 12.6. The van der Waals surface area contributed by atoms with Gasteiger partial charge in [-0.3, -0.25) is 14.5 Å². The molecule has 3 rings (SSSR count). The van der Waals surface area contributed by atoms with Gasteiger partial charge in [-0.1, -0.05) is 0 Å². The van der Waals surface area contributed by atoms with Gasteiger partial charge >= 0.3 is 17.8 Å². The lowest BCUT2D eigenvalue weighted by Gasteiger charge is -2.41. The molecule has 9 nitrogen and oxygen atoms in total. The van der Waals surface area contributed by atoms with Crippen molar-refractivity contribution in [3.63, 3.8) is 0 Å². The van der Waals surface area contributed by atoms with Crippen molar-refractivity contribution in [2.45, 2.75) is 37.8 Å². The van der Waals surface area contributed by atoms with Crippen LogP contribution in [0.15, 0.2) is 0 Å². The van der Waals surface area contributed by atoms with Gasteiger partial charge < -0.3 is 24.6 Å². The van der Waals surface area contributed by atoms with Gasteiger partial charge in [0, 0.05) is 45.3 Å². The molecule has 0 spiro atoms. The Hall–Kier alpha value is -1.71. The second-order valence-corrected chi connectivity index (χ2v) is 7.69. The lowest BCUT2D eigenvalue weighted by atomic mass is 10.0. The predicted octanol–water partition coefficient (Wildman–Crippen LogP) is -0.937. The van der Waals surface area contributed by atoms with E-state index >= 15 is 0 Å². The fraction of sp³-hybridized carbons (Fsp3) is 0.842. The number of amides is 2. The van der Waals surface area contributed by atoms with Gasteiger partial charge in [0.05, 0.1) is 13.2 Å². The van der Waals surface area contributed by atoms with Crippen LogP contribution >= 0.6 is 0 Å². The maximum Gasteiger partial charge on any atom is 0.331 e. The molecular weight excluding hydrogens is 364 g/mol. The zero-order chi connectivity index (χ0) is 19.9. The Morgan fingerprint density at radius 1 is 0.857 bits per heavy atom. The molecular formula is C19H32N4O5. The van der Waals surface area contributed by atoms with Crippen molar-refractivity contribution in [3.8, 4) is 0 Å². The summed E-state index contributed by atoms with van der Waals surface area (Å²) in [5.74, 6) is -1.21. The SMILES string of the molecule is COC(=O)COC1CCN(C(=O)C(=O)N2CCN(C3CCNCC3)CC2)CC1.